The van der Waals surface area contributed by atoms with Crippen molar-refractivity contribution in [2.75, 3.05) is 7.11 Å². The highest BCUT2D eigenvalue weighted by molar-refractivity contribution is 9.10. The molecule has 0 bridgehead atoms. The largest absolute Gasteiger partial charge is 0.497 e. The summed E-state index contributed by atoms with van der Waals surface area (Å²) < 4.78 is 9.85. The van der Waals surface area contributed by atoms with E-state index in [1.54, 1.807) is 23.0 Å². The lowest BCUT2D eigenvalue weighted by Gasteiger charge is -2.11. The number of ether oxygens (including phenoxy) is 1. The maximum Gasteiger partial charge on any atom is 0.263 e. The predicted molar refractivity (Wildman–Crippen MR) is 118 cm³/mol. The van der Waals surface area contributed by atoms with Gasteiger partial charge in [-0.1, -0.05) is 24.3 Å². The van der Waals surface area contributed by atoms with Crippen molar-refractivity contribution in [3.8, 4) is 16.5 Å². The van der Waals surface area contributed by atoms with Gasteiger partial charge in [-0.15, -0.1) is 21.5 Å². The lowest BCUT2D eigenvalue weighted by atomic mass is 10.2. The number of methoxy groups -OCH3 is 1. The van der Waals surface area contributed by atoms with Crippen LogP contribution in [0.15, 0.2) is 69.2 Å². The van der Waals surface area contributed by atoms with E-state index in [1.165, 1.54) is 0 Å². The van der Waals surface area contributed by atoms with Crippen LogP contribution in [0.2, 0.25) is 0 Å². The fourth-order valence-electron chi connectivity index (χ4n) is 3.40. The van der Waals surface area contributed by atoms with Gasteiger partial charge >= 0.3 is 0 Å². The molecule has 0 spiro atoms. The molecule has 0 aliphatic carbocycles. The van der Waals surface area contributed by atoms with Gasteiger partial charge in [0.1, 0.15) is 5.75 Å². The van der Waals surface area contributed by atoms with E-state index in [0.717, 1.165) is 32.0 Å². The SMILES string of the molecule is COc1ccc(Cn2c(=O)c3ccccc3n3c(-c4cc(Br)cs4)nnc23)cc1. The first-order chi connectivity index (χ1) is 14.2. The summed E-state index contributed by atoms with van der Waals surface area (Å²) in [4.78, 5) is 14.2. The monoisotopic (exact) mass is 466 g/mol. The Kier molecular flexibility index (Phi) is 4.44. The molecular weight excluding hydrogens is 452 g/mol. The Labute approximate surface area is 178 Å². The van der Waals surface area contributed by atoms with Crippen LogP contribution in [0.25, 0.3) is 27.4 Å². The Hall–Kier alpha value is -2.97. The van der Waals surface area contributed by atoms with Crippen molar-refractivity contribution in [3.63, 3.8) is 0 Å². The van der Waals surface area contributed by atoms with E-state index in [4.69, 9.17) is 4.74 Å². The number of hydrogen-bond donors (Lipinski definition) is 0. The average Bonchev–Trinajstić information content (AvgIpc) is 3.38. The predicted octanol–water partition coefficient (Wildman–Crippen LogP) is 4.59. The van der Waals surface area contributed by atoms with Gasteiger partial charge in [0.2, 0.25) is 5.78 Å². The summed E-state index contributed by atoms with van der Waals surface area (Å²) in [7, 11) is 1.63. The van der Waals surface area contributed by atoms with Crippen LogP contribution < -0.4 is 10.3 Å². The van der Waals surface area contributed by atoms with Crippen molar-refractivity contribution in [1.29, 1.82) is 0 Å². The van der Waals surface area contributed by atoms with Crippen molar-refractivity contribution >= 4 is 43.9 Å². The molecule has 0 aliphatic rings. The van der Waals surface area contributed by atoms with E-state index in [0.29, 0.717) is 17.7 Å². The zero-order valence-corrected chi connectivity index (χ0v) is 17.8. The smallest absolute Gasteiger partial charge is 0.263 e. The summed E-state index contributed by atoms with van der Waals surface area (Å²) in [5.74, 6) is 2.01. The topological polar surface area (TPSA) is 61.4 Å². The van der Waals surface area contributed by atoms with E-state index in [1.807, 2.05) is 64.4 Å². The highest BCUT2D eigenvalue weighted by Gasteiger charge is 2.18. The molecule has 0 unspecified atom stereocenters. The van der Waals surface area contributed by atoms with Gasteiger partial charge in [-0.05, 0) is 51.8 Å². The van der Waals surface area contributed by atoms with E-state index < -0.39 is 0 Å². The van der Waals surface area contributed by atoms with Crippen molar-refractivity contribution in [2.24, 2.45) is 0 Å². The Morgan fingerprint density at radius 2 is 1.90 bits per heavy atom. The summed E-state index contributed by atoms with van der Waals surface area (Å²) >= 11 is 5.08. The number of para-hydroxylation sites is 1. The van der Waals surface area contributed by atoms with Crippen molar-refractivity contribution in [1.82, 2.24) is 19.2 Å². The van der Waals surface area contributed by atoms with Crippen molar-refractivity contribution < 1.29 is 4.74 Å². The van der Waals surface area contributed by atoms with Gasteiger partial charge in [0.25, 0.3) is 5.56 Å². The fourth-order valence-corrected chi connectivity index (χ4v) is 4.81. The summed E-state index contributed by atoms with van der Waals surface area (Å²) in [6.45, 7) is 0.392. The van der Waals surface area contributed by atoms with Gasteiger partial charge in [0, 0.05) is 9.85 Å². The first-order valence-corrected chi connectivity index (χ1v) is 10.6. The van der Waals surface area contributed by atoms with Gasteiger partial charge in [0.15, 0.2) is 5.82 Å². The number of rotatable bonds is 4. The fraction of sp³-hybridized carbons (Fsp3) is 0.0952. The Balaban J connectivity index is 1.77. The second kappa shape index (κ2) is 7.13. The number of halogens is 1. The van der Waals surface area contributed by atoms with E-state index in [-0.39, 0.29) is 5.56 Å². The molecule has 144 valence electrons. The highest BCUT2D eigenvalue weighted by Crippen LogP contribution is 2.30. The first kappa shape index (κ1) is 18.1. The third kappa shape index (κ3) is 3.04. The third-order valence-electron chi connectivity index (χ3n) is 4.80. The lowest BCUT2D eigenvalue weighted by molar-refractivity contribution is 0.414. The van der Waals surface area contributed by atoms with Crippen LogP contribution in [-0.2, 0) is 6.54 Å². The molecule has 2 aromatic carbocycles. The van der Waals surface area contributed by atoms with Gasteiger partial charge in [0.05, 0.1) is 29.4 Å². The molecule has 0 radical (unpaired) electrons. The first-order valence-electron chi connectivity index (χ1n) is 8.90. The van der Waals surface area contributed by atoms with Crippen LogP contribution >= 0.6 is 27.3 Å². The summed E-state index contributed by atoms with van der Waals surface area (Å²) in [6, 6.07) is 17.2. The maximum atomic E-state index is 13.3. The molecule has 0 aliphatic heterocycles. The molecule has 29 heavy (non-hydrogen) atoms. The summed E-state index contributed by atoms with van der Waals surface area (Å²) in [6.07, 6.45) is 0. The zero-order valence-electron chi connectivity index (χ0n) is 15.4. The molecule has 0 amide bonds. The zero-order chi connectivity index (χ0) is 20.0. The maximum absolute atomic E-state index is 13.3. The molecule has 5 rings (SSSR count). The number of benzene rings is 2. The standard InChI is InChI=1S/C21H15BrN4O2S/c1-28-15-8-6-13(7-9-15)11-25-20(27)16-4-2-3-5-17(16)26-19(23-24-21(25)26)18-10-14(22)12-29-18/h2-10,12H,11H2,1H3. The van der Waals surface area contributed by atoms with E-state index in [2.05, 4.69) is 26.1 Å². The quantitative estimate of drug-likeness (QED) is 0.388. The molecule has 0 atom stereocenters. The summed E-state index contributed by atoms with van der Waals surface area (Å²) in [5, 5.41) is 11.4. The Morgan fingerprint density at radius 3 is 2.62 bits per heavy atom. The second-order valence-electron chi connectivity index (χ2n) is 6.54. The molecule has 6 nitrogen and oxygen atoms in total. The molecular formula is C21H15BrN4O2S. The molecule has 0 saturated carbocycles. The minimum absolute atomic E-state index is 0.0878. The second-order valence-corrected chi connectivity index (χ2v) is 8.37. The number of thiophene rings is 1. The number of nitrogens with zero attached hydrogens (tertiary/aromatic N) is 4. The number of fused-ring (bicyclic) bond motifs is 3. The third-order valence-corrected chi connectivity index (χ3v) is 6.48. The molecule has 5 aromatic rings. The van der Waals surface area contributed by atoms with Gasteiger partial charge in [-0.3, -0.25) is 13.8 Å². The van der Waals surface area contributed by atoms with Crippen LogP contribution in [0, 0.1) is 0 Å². The van der Waals surface area contributed by atoms with E-state index >= 15 is 0 Å². The normalized spacial score (nSPS) is 11.4. The Morgan fingerprint density at radius 1 is 1.10 bits per heavy atom. The minimum atomic E-state index is -0.0878. The minimum Gasteiger partial charge on any atom is -0.497 e. The van der Waals surface area contributed by atoms with Crippen LogP contribution in [0.3, 0.4) is 0 Å². The van der Waals surface area contributed by atoms with Crippen molar-refractivity contribution in [3.05, 3.63) is 80.4 Å². The van der Waals surface area contributed by atoms with Gasteiger partial charge in [-0.25, -0.2) is 0 Å². The highest BCUT2D eigenvalue weighted by atomic mass is 79.9. The Bertz CT molecular complexity index is 1400. The van der Waals surface area contributed by atoms with Gasteiger partial charge in [-0.2, -0.15) is 0 Å². The van der Waals surface area contributed by atoms with Crippen LogP contribution in [0.5, 0.6) is 5.75 Å². The van der Waals surface area contributed by atoms with Gasteiger partial charge < -0.3 is 4.74 Å². The molecule has 0 N–H and O–H groups in total. The summed E-state index contributed by atoms with van der Waals surface area (Å²) in [5.41, 5.74) is 1.69. The number of aromatic nitrogens is 4. The van der Waals surface area contributed by atoms with Crippen molar-refractivity contribution in [2.45, 2.75) is 6.54 Å². The molecule has 0 fully saturated rings. The van der Waals surface area contributed by atoms with Crippen LogP contribution in [0.4, 0.5) is 0 Å². The van der Waals surface area contributed by atoms with Crippen LogP contribution in [0.1, 0.15) is 5.56 Å². The van der Waals surface area contributed by atoms with E-state index in [9.17, 15) is 4.79 Å². The lowest BCUT2D eigenvalue weighted by Crippen LogP contribution is -2.24. The number of hydrogen-bond acceptors (Lipinski definition) is 5. The molecule has 0 saturated heterocycles. The molecule has 8 heteroatoms. The van der Waals surface area contributed by atoms with Crippen LogP contribution in [-0.4, -0.2) is 26.3 Å². The average molecular weight is 467 g/mol. The molecule has 3 heterocycles. The molecule has 3 aromatic heterocycles.